The van der Waals surface area contributed by atoms with Crippen LogP contribution in [0, 0.1) is 0 Å². The predicted molar refractivity (Wildman–Crippen MR) is 144 cm³/mol. The second-order valence-electron chi connectivity index (χ2n) is 9.87. The number of fused-ring (bicyclic) bond motifs is 1. The van der Waals surface area contributed by atoms with Crippen LogP contribution in [0.3, 0.4) is 0 Å². The molecule has 0 saturated carbocycles. The fourth-order valence-corrected chi connectivity index (χ4v) is 5.32. The van der Waals surface area contributed by atoms with E-state index in [2.05, 4.69) is 43.1 Å². The Morgan fingerprint density at radius 3 is 2.43 bits per heavy atom. The maximum Gasteiger partial charge on any atom is 0.404 e. The number of rotatable bonds is 9. The quantitative estimate of drug-likeness (QED) is 0.369. The highest BCUT2D eigenvalue weighted by Gasteiger charge is 2.25. The molecule has 1 aliphatic rings. The van der Waals surface area contributed by atoms with Gasteiger partial charge in [0.15, 0.2) is 11.5 Å². The van der Waals surface area contributed by atoms with Crippen molar-refractivity contribution in [2.24, 2.45) is 5.73 Å². The number of piperidine rings is 1. The van der Waals surface area contributed by atoms with Crippen LogP contribution in [0.4, 0.5) is 4.79 Å². The molecule has 0 atom stereocenters. The standard InChI is InChI=1S/C29H37N3O5/c1-18(2)27-22-16-20(19-11-13-32(14-12-19)26(33)6-5-15-37-29(30)34)7-9-23(22)31-28(27)21-8-10-24(35-3)25(17-21)36-4/h7-10,16-19,31H,5-6,11-15H2,1-4H3,(H2,30,34). The summed E-state index contributed by atoms with van der Waals surface area (Å²) >= 11 is 0. The molecule has 0 spiro atoms. The van der Waals surface area contributed by atoms with Crippen molar-refractivity contribution in [3.05, 3.63) is 47.5 Å². The summed E-state index contributed by atoms with van der Waals surface area (Å²) in [5.74, 6) is 2.25. The van der Waals surface area contributed by atoms with Crippen LogP contribution in [0.2, 0.25) is 0 Å². The van der Waals surface area contributed by atoms with Crippen LogP contribution in [0.15, 0.2) is 36.4 Å². The number of carbonyl (C=O) groups excluding carboxylic acids is 2. The molecule has 3 aromatic rings. The lowest BCUT2D eigenvalue weighted by Crippen LogP contribution is -2.37. The molecular formula is C29H37N3O5. The van der Waals surface area contributed by atoms with Gasteiger partial charge < -0.3 is 29.8 Å². The van der Waals surface area contributed by atoms with E-state index in [-0.39, 0.29) is 12.5 Å². The lowest BCUT2D eigenvalue weighted by Gasteiger charge is -2.32. The van der Waals surface area contributed by atoms with Crippen LogP contribution in [0.5, 0.6) is 11.5 Å². The third kappa shape index (κ3) is 5.84. The molecular weight excluding hydrogens is 470 g/mol. The van der Waals surface area contributed by atoms with Crippen LogP contribution in [0.1, 0.15) is 62.5 Å². The zero-order chi connectivity index (χ0) is 26.5. The Hall–Kier alpha value is -3.68. The van der Waals surface area contributed by atoms with Gasteiger partial charge in [-0.1, -0.05) is 19.9 Å². The zero-order valence-electron chi connectivity index (χ0n) is 22.1. The van der Waals surface area contributed by atoms with Gasteiger partial charge in [0.2, 0.25) is 5.91 Å². The number of aromatic nitrogens is 1. The average Bonchev–Trinajstić information content (AvgIpc) is 3.29. The number of methoxy groups -OCH3 is 2. The minimum Gasteiger partial charge on any atom is -0.493 e. The Balaban J connectivity index is 1.51. The number of H-pyrrole nitrogens is 1. The van der Waals surface area contributed by atoms with Gasteiger partial charge in [-0.2, -0.15) is 0 Å². The van der Waals surface area contributed by atoms with Gasteiger partial charge in [0.25, 0.3) is 0 Å². The van der Waals surface area contributed by atoms with Crippen molar-refractivity contribution in [1.29, 1.82) is 0 Å². The number of nitrogens with one attached hydrogen (secondary N) is 1. The van der Waals surface area contributed by atoms with Crippen molar-refractivity contribution in [3.8, 4) is 22.8 Å². The first kappa shape index (κ1) is 26.4. The van der Waals surface area contributed by atoms with Gasteiger partial charge in [-0.15, -0.1) is 0 Å². The monoisotopic (exact) mass is 507 g/mol. The molecule has 2 amide bonds. The number of hydrogen-bond acceptors (Lipinski definition) is 5. The van der Waals surface area contributed by atoms with Gasteiger partial charge in [-0.3, -0.25) is 4.79 Å². The summed E-state index contributed by atoms with van der Waals surface area (Å²) in [6, 6.07) is 12.7. The Labute approximate surface area is 218 Å². The van der Waals surface area contributed by atoms with Crippen molar-refractivity contribution in [1.82, 2.24) is 9.88 Å². The minimum atomic E-state index is -0.802. The molecule has 2 heterocycles. The molecule has 1 saturated heterocycles. The molecule has 4 rings (SSSR count). The van der Waals surface area contributed by atoms with Gasteiger partial charge >= 0.3 is 6.09 Å². The average molecular weight is 508 g/mol. The molecule has 8 heteroatoms. The van der Waals surface area contributed by atoms with Crippen LogP contribution in [-0.2, 0) is 9.53 Å². The Bertz CT molecular complexity index is 1260. The van der Waals surface area contributed by atoms with E-state index in [1.165, 1.54) is 16.5 Å². The first-order chi connectivity index (χ1) is 17.8. The number of carbonyl (C=O) groups is 2. The number of nitrogens with two attached hydrogens (primary N) is 1. The van der Waals surface area contributed by atoms with Crippen molar-refractivity contribution in [3.63, 3.8) is 0 Å². The van der Waals surface area contributed by atoms with E-state index in [0.29, 0.717) is 36.2 Å². The molecule has 1 aliphatic heterocycles. The van der Waals surface area contributed by atoms with Crippen molar-refractivity contribution >= 4 is 22.9 Å². The van der Waals surface area contributed by atoms with Crippen molar-refractivity contribution in [2.75, 3.05) is 33.9 Å². The largest absolute Gasteiger partial charge is 0.493 e. The summed E-state index contributed by atoms with van der Waals surface area (Å²) in [7, 11) is 3.29. The number of ether oxygens (including phenoxy) is 3. The SMILES string of the molecule is COc1ccc(-c2[nH]c3ccc(C4CCN(C(=O)CCCOC(N)=O)CC4)cc3c2C(C)C)cc1OC. The maximum absolute atomic E-state index is 12.5. The summed E-state index contributed by atoms with van der Waals surface area (Å²) in [5, 5.41) is 1.24. The van der Waals surface area contributed by atoms with Gasteiger partial charge in [0.1, 0.15) is 0 Å². The topological polar surface area (TPSA) is 107 Å². The molecule has 0 aliphatic carbocycles. The first-order valence-electron chi connectivity index (χ1n) is 12.9. The van der Waals surface area contributed by atoms with Gasteiger partial charge in [0.05, 0.1) is 26.5 Å². The van der Waals surface area contributed by atoms with Crippen LogP contribution >= 0.6 is 0 Å². The highest BCUT2D eigenvalue weighted by atomic mass is 16.5. The molecule has 2 aromatic carbocycles. The Kier molecular flexibility index (Phi) is 8.26. The van der Waals surface area contributed by atoms with Crippen molar-refractivity contribution < 1.29 is 23.8 Å². The van der Waals surface area contributed by atoms with Gasteiger partial charge in [0, 0.05) is 36.0 Å². The molecule has 0 radical (unpaired) electrons. The third-order valence-electron chi connectivity index (χ3n) is 7.21. The molecule has 198 valence electrons. The van der Waals surface area contributed by atoms with E-state index in [1.54, 1.807) is 14.2 Å². The molecule has 0 unspecified atom stereocenters. The summed E-state index contributed by atoms with van der Waals surface area (Å²) in [6.07, 6.45) is 1.91. The number of primary amides is 1. The summed E-state index contributed by atoms with van der Waals surface area (Å²) in [5.41, 5.74) is 10.8. The predicted octanol–water partition coefficient (Wildman–Crippen LogP) is 5.56. The molecule has 1 aromatic heterocycles. The summed E-state index contributed by atoms with van der Waals surface area (Å²) in [6.45, 7) is 6.09. The fraction of sp³-hybridized carbons (Fsp3) is 0.448. The van der Waals surface area contributed by atoms with Crippen molar-refractivity contribution in [2.45, 2.75) is 51.4 Å². The number of likely N-dealkylation sites (tertiary alicyclic amines) is 1. The number of benzene rings is 2. The summed E-state index contributed by atoms with van der Waals surface area (Å²) < 4.78 is 15.7. The number of nitrogens with zero attached hydrogens (tertiary/aromatic N) is 1. The zero-order valence-corrected chi connectivity index (χ0v) is 22.1. The molecule has 8 nitrogen and oxygen atoms in total. The molecule has 0 bridgehead atoms. The Morgan fingerprint density at radius 2 is 1.78 bits per heavy atom. The second-order valence-corrected chi connectivity index (χ2v) is 9.87. The number of aromatic amines is 1. The smallest absolute Gasteiger partial charge is 0.404 e. The van der Waals surface area contributed by atoms with E-state index in [1.807, 2.05) is 17.0 Å². The summed E-state index contributed by atoms with van der Waals surface area (Å²) in [4.78, 5) is 28.8. The van der Waals surface area contributed by atoms with Crippen LogP contribution < -0.4 is 15.2 Å². The lowest BCUT2D eigenvalue weighted by molar-refractivity contribution is -0.132. The van der Waals surface area contributed by atoms with Crippen LogP contribution in [0.25, 0.3) is 22.2 Å². The minimum absolute atomic E-state index is 0.106. The molecule has 1 fully saturated rings. The molecule has 3 N–H and O–H groups in total. The number of amides is 2. The highest BCUT2D eigenvalue weighted by molar-refractivity contribution is 5.92. The fourth-order valence-electron chi connectivity index (χ4n) is 5.32. The normalized spacial score (nSPS) is 14.2. The number of hydrogen-bond donors (Lipinski definition) is 2. The van der Waals surface area contributed by atoms with E-state index >= 15 is 0 Å². The third-order valence-corrected chi connectivity index (χ3v) is 7.21. The van der Waals surface area contributed by atoms with E-state index in [9.17, 15) is 9.59 Å². The van der Waals surface area contributed by atoms with Crippen LogP contribution in [-0.4, -0.2) is 55.8 Å². The van der Waals surface area contributed by atoms with E-state index < -0.39 is 6.09 Å². The molecule has 37 heavy (non-hydrogen) atoms. The van der Waals surface area contributed by atoms with Gasteiger partial charge in [-0.25, -0.2) is 4.79 Å². The highest BCUT2D eigenvalue weighted by Crippen LogP contribution is 2.40. The van der Waals surface area contributed by atoms with E-state index in [4.69, 9.17) is 19.9 Å². The second kappa shape index (κ2) is 11.6. The maximum atomic E-state index is 12.5. The van der Waals surface area contributed by atoms with E-state index in [0.717, 1.165) is 42.7 Å². The Morgan fingerprint density at radius 1 is 1.05 bits per heavy atom. The first-order valence-corrected chi connectivity index (χ1v) is 12.9. The lowest BCUT2D eigenvalue weighted by atomic mass is 9.87. The van der Waals surface area contributed by atoms with Gasteiger partial charge in [-0.05, 0) is 72.6 Å².